The van der Waals surface area contributed by atoms with E-state index in [1.165, 1.54) is 0 Å². The maximum atomic E-state index is 14.1. The van der Waals surface area contributed by atoms with Gasteiger partial charge in [-0.25, -0.2) is 4.79 Å². The number of carboxylic acids is 1. The van der Waals surface area contributed by atoms with Crippen molar-refractivity contribution in [2.75, 3.05) is 19.7 Å². The highest BCUT2D eigenvalue weighted by Gasteiger charge is 2.43. The Bertz CT molecular complexity index is 1010. The van der Waals surface area contributed by atoms with E-state index in [2.05, 4.69) is 18.8 Å². The molecule has 3 aliphatic rings. The number of ketones is 1. The van der Waals surface area contributed by atoms with Crippen LogP contribution < -0.4 is 0 Å². The fourth-order valence-corrected chi connectivity index (χ4v) is 5.55. The molecule has 6 nitrogen and oxygen atoms in total. The lowest BCUT2D eigenvalue weighted by Crippen LogP contribution is -2.53. The number of hydrogen-bond donors (Lipinski definition) is 1. The second-order valence-electron chi connectivity index (χ2n) is 12.6. The number of allylic oxidation sites excluding steroid dienone is 3. The third-order valence-electron chi connectivity index (χ3n) is 7.59. The summed E-state index contributed by atoms with van der Waals surface area (Å²) in [5.74, 6) is 4.14. The molecule has 1 saturated carbocycles. The first-order valence-corrected chi connectivity index (χ1v) is 13.3. The molecule has 0 aromatic heterocycles. The molecule has 0 spiro atoms. The second-order valence-corrected chi connectivity index (χ2v) is 12.6. The van der Waals surface area contributed by atoms with E-state index in [0.717, 1.165) is 25.7 Å². The molecule has 6 heteroatoms. The molecule has 1 aliphatic heterocycles. The van der Waals surface area contributed by atoms with Crippen LogP contribution in [0.4, 0.5) is 0 Å². The predicted octanol–water partition coefficient (Wildman–Crippen LogP) is 5.03. The first-order valence-electron chi connectivity index (χ1n) is 13.3. The molecule has 1 unspecified atom stereocenters. The van der Waals surface area contributed by atoms with Gasteiger partial charge in [-0.2, -0.15) is 0 Å². The lowest BCUT2D eigenvalue weighted by atomic mass is 9.72. The van der Waals surface area contributed by atoms with Crippen LogP contribution in [0.5, 0.6) is 0 Å². The van der Waals surface area contributed by atoms with Gasteiger partial charge >= 0.3 is 5.97 Å². The summed E-state index contributed by atoms with van der Waals surface area (Å²) in [6.07, 6.45) is 5.50. The minimum absolute atomic E-state index is 0.00491. The van der Waals surface area contributed by atoms with Crippen molar-refractivity contribution in [1.82, 2.24) is 4.90 Å². The molecule has 2 aliphatic carbocycles. The van der Waals surface area contributed by atoms with E-state index < -0.39 is 23.4 Å². The summed E-state index contributed by atoms with van der Waals surface area (Å²) in [6, 6.07) is 0. The van der Waals surface area contributed by atoms with E-state index in [9.17, 15) is 19.5 Å². The van der Waals surface area contributed by atoms with Crippen LogP contribution >= 0.6 is 0 Å². The van der Waals surface area contributed by atoms with Crippen molar-refractivity contribution in [2.45, 2.75) is 86.2 Å². The van der Waals surface area contributed by atoms with Crippen molar-refractivity contribution in [3.8, 4) is 11.8 Å². The van der Waals surface area contributed by atoms with Gasteiger partial charge in [-0.3, -0.25) is 9.59 Å². The summed E-state index contributed by atoms with van der Waals surface area (Å²) in [5.41, 5.74) is 0.670. The SMILES string of the molecule is CC1CCC(C(=O)C(C2=C(C(=O)O)CC(C#CC(C)(C)C)=C2)[C@@H](C)C(=O)N2CCOC(C)(C)C2)CC1. The van der Waals surface area contributed by atoms with Gasteiger partial charge in [0.15, 0.2) is 0 Å². The number of hydrogen-bond acceptors (Lipinski definition) is 4. The number of rotatable bonds is 6. The molecule has 1 amide bonds. The second kappa shape index (κ2) is 10.9. The average Bonchev–Trinajstić information content (AvgIpc) is 3.21. The summed E-state index contributed by atoms with van der Waals surface area (Å²) >= 11 is 0. The average molecular weight is 498 g/mol. The summed E-state index contributed by atoms with van der Waals surface area (Å²) in [4.78, 5) is 41.9. The van der Waals surface area contributed by atoms with E-state index in [-0.39, 0.29) is 35.0 Å². The van der Waals surface area contributed by atoms with Crippen LogP contribution in [-0.2, 0) is 19.1 Å². The predicted molar refractivity (Wildman–Crippen MR) is 140 cm³/mol. The Morgan fingerprint density at radius 1 is 1.17 bits per heavy atom. The van der Waals surface area contributed by atoms with E-state index in [1.807, 2.05) is 34.6 Å². The highest BCUT2D eigenvalue weighted by atomic mass is 16.5. The maximum Gasteiger partial charge on any atom is 0.332 e. The van der Waals surface area contributed by atoms with Gasteiger partial charge < -0.3 is 14.7 Å². The third kappa shape index (κ3) is 6.88. The number of morpholine rings is 1. The molecule has 3 rings (SSSR count). The Kier molecular flexibility index (Phi) is 8.55. The number of nitrogens with zero attached hydrogens (tertiary/aromatic N) is 1. The molecule has 1 heterocycles. The van der Waals surface area contributed by atoms with Gasteiger partial charge in [0, 0.05) is 47.9 Å². The van der Waals surface area contributed by atoms with Gasteiger partial charge in [-0.05, 0) is 65.0 Å². The molecule has 0 bridgehead atoms. The van der Waals surface area contributed by atoms with Crippen LogP contribution in [-0.4, -0.2) is 53.0 Å². The molecule has 0 aromatic rings. The summed E-state index contributed by atoms with van der Waals surface area (Å²) < 4.78 is 5.78. The first kappa shape index (κ1) is 28.2. The van der Waals surface area contributed by atoms with Gasteiger partial charge in [0.2, 0.25) is 5.91 Å². The van der Waals surface area contributed by atoms with Crippen molar-refractivity contribution in [3.05, 3.63) is 22.8 Å². The van der Waals surface area contributed by atoms with Crippen LogP contribution in [0.25, 0.3) is 0 Å². The molecule has 2 atom stereocenters. The van der Waals surface area contributed by atoms with Crippen molar-refractivity contribution < 1.29 is 24.2 Å². The van der Waals surface area contributed by atoms with Crippen LogP contribution in [0, 0.1) is 40.9 Å². The normalized spacial score (nSPS) is 26.0. The van der Waals surface area contributed by atoms with Gasteiger partial charge in [-0.15, -0.1) is 0 Å². The summed E-state index contributed by atoms with van der Waals surface area (Å²) in [5, 5.41) is 10.1. The van der Waals surface area contributed by atoms with Crippen molar-refractivity contribution in [2.24, 2.45) is 29.1 Å². The Balaban J connectivity index is 2.00. The van der Waals surface area contributed by atoms with Crippen LogP contribution in [0.3, 0.4) is 0 Å². The van der Waals surface area contributed by atoms with Gasteiger partial charge in [0.05, 0.1) is 18.1 Å². The van der Waals surface area contributed by atoms with Crippen molar-refractivity contribution >= 4 is 17.7 Å². The number of Topliss-reactive ketones (excluding diaryl/α,β-unsaturated/α-hetero) is 1. The highest BCUT2D eigenvalue weighted by molar-refractivity contribution is 5.97. The van der Waals surface area contributed by atoms with E-state index in [4.69, 9.17) is 4.74 Å². The maximum absolute atomic E-state index is 14.1. The molecule has 2 fully saturated rings. The van der Waals surface area contributed by atoms with Gasteiger partial charge in [0.25, 0.3) is 0 Å². The lowest BCUT2D eigenvalue weighted by Gasteiger charge is -2.40. The van der Waals surface area contributed by atoms with E-state index in [1.54, 1.807) is 17.9 Å². The number of carboxylic acid groups (broad SMARTS) is 1. The van der Waals surface area contributed by atoms with Crippen molar-refractivity contribution in [1.29, 1.82) is 0 Å². The number of amides is 1. The molecular weight excluding hydrogens is 454 g/mol. The zero-order chi connectivity index (χ0) is 26.8. The Morgan fingerprint density at radius 2 is 1.81 bits per heavy atom. The molecule has 0 radical (unpaired) electrons. The molecular formula is C30H43NO5. The van der Waals surface area contributed by atoms with Gasteiger partial charge in [-0.1, -0.05) is 38.5 Å². The number of carbonyl (C=O) groups is 3. The fourth-order valence-electron chi connectivity index (χ4n) is 5.55. The van der Waals surface area contributed by atoms with Crippen LogP contribution in [0.1, 0.15) is 80.6 Å². The number of ether oxygens (including phenoxy) is 1. The Hall–Kier alpha value is -2.39. The molecule has 1 saturated heterocycles. The largest absolute Gasteiger partial charge is 0.478 e. The van der Waals surface area contributed by atoms with Crippen LogP contribution in [0.2, 0.25) is 0 Å². The smallest absolute Gasteiger partial charge is 0.332 e. The van der Waals surface area contributed by atoms with Crippen molar-refractivity contribution in [3.63, 3.8) is 0 Å². The zero-order valence-corrected chi connectivity index (χ0v) is 23.1. The monoisotopic (exact) mass is 497 g/mol. The standard InChI is InChI=1S/C30H43NO5/c1-19-8-10-22(11-9-19)26(32)25(20(2)27(33)31-14-15-36-30(6,7)18-31)23-16-21(12-13-29(3,4)5)17-24(23)28(34)35/h16,19-20,22,25H,8-11,14-15,17-18H2,1-7H3,(H,34,35)/t19?,20-,22?,25?/m1/s1. The molecule has 0 aromatic carbocycles. The summed E-state index contributed by atoms with van der Waals surface area (Å²) in [7, 11) is 0. The first-order chi connectivity index (χ1) is 16.7. The third-order valence-corrected chi connectivity index (χ3v) is 7.59. The minimum Gasteiger partial charge on any atom is -0.478 e. The summed E-state index contributed by atoms with van der Waals surface area (Å²) in [6.45, 7) is 15.3. The quantitative estimate of drug-likeness (QED) is 0.520. The highest BCUT2D eigenvalue weighted by Crippen LogP contribution is 2.40. The molecule has 198 valence electrons. The molecule has 1 N–H and O–H groups in total. The number of aliphatic carboxylic acids is 1. The van der Waals surface area contributed by atoms with Gasteiger partial charge in [0.1, 0.15) is 5.78 Å². The molecule has 36 heavy (non-hydrogen) atoms. The number of carbonyl (C=O) groups excluding carboxylic acids is 2. The lowest BCUT2D eigenvalue weighted by molar-refractivity contribution is -0.152. The topological polar surface area (TPSA) is 83.9 Å². The van der Waals surface area contributed by atoms with E-state index in [0.29, 0.717) is 36.8 Å². The Labute approximate surface area is 216 Å². The zero-order valence-electron chi connectivity index (χ0n) is 23.1. The fraction of sp³-hybridized carbons (Fsp3) is 0.700. The van der Waals surface area contributed by atoms with Crippen LogP contribution in [0.15, 0.2) is 22.8 Å². The Morgan fingerprint density at radius 3 is 2.36 bits per heavy atom. The van der Waals surface area contributed by atoms with E-state index >= 15 is 0 Å². The minimum atomic E-state index is -1.05.